The monoisotopic (exact) mass is 308 g/mol. The first-order valence-electron chi connectivity index (χ1n) is 6.64. The summed E-state index contributed by atoms with van der Waals surface area (Å²) >= 11 is 0. The van der Waals surface area contributed by atoms with Gasteiger partial charge in [-0.2, -0.15) is 13.2 Å². The molecule has 0 fully saturated rings. The summed E-state index contributed by atoms with van der Waals surface area (Å²) in [6, 6.07) is 14.2. The van der Waals surface area contributed by atoms with Crippen LogP contribution in [0.5, 0.6) is 0 Å². The highest BCUT2D eigenvalue weighted by atomic mass is 32.2. The van der Waals surface area contributed by atoms with E-state index < -0.39 is 33.4 Å². The normalized spacial score (nSPS) is 29.9. The molecular weight excluding hydrogens is 297 g/mol. The molecule has 0 radical (unpaired) electrons. The standard InChI is InChI=1S/C16H11F3OS/c17-16(18,19)15-13-9-5-1-3-7-11(9)14(21(15)20)12-8-4-2-6-10(12)13/h1-8,13-15H. The van der Waals surface area contributed by atoms with Gasteiger partial charge in [0.1, 0.15) is 5.25 Å². The van der Waals surface area contributed by atoms with Crippen LogP contribution < -0.4 is 0 Å². The first-order chi connectivity index (χ1) is 10.00. The molecule has 1 nitrogen and oxygen atoms in total. The van der Waals surface area contributed by atoms with E-state index in [4.69, 9.17) is 0 Å². The number of halogens is 3. The predicted octanol–water partition coefficient (Wildman–Crippen LogP) is 3.91. The summed E-state index contributed by atoms with van der Waals surface area (Å²) in [5.41, 5.74) is 2.89. The highest BCUT2D eigenvalue weighted by Crippen LogP contribution is 2.56. The SMILES string of the molecule is O=S1C2c3ccccc3C(c3ccccc32)C1C(F)(F)F. The molecule has 2 aromatic carbocycles. The van der Waals surface area contributed by atoms with Crippen LogP contribution in [0.3, 0.4) is 0 Å². The van der Waals surface area contributed by atoms with Gasteiger partial charge in [-0.15, -0.1) is 0 Å². The van der Waals surface area contributed by atoms with E-state index in [9.17, 15) is 17.4 Å². The molecule has 2 bridgehead atoms. The minimum Gasteiger partial charge on any atom is -0.258 e. The Bertz CT molecular complexity index is 706. The van der Waals surface area contributed by atoms with E-state index >= 15 is 0 Å². The van der Waals surface area contributed by atoms with Gasteiger partial charge in [0, 0.05) is 16.7 Å². The van der Waals surface area contributed by atoms with Gasteiger partial charge in [-0.3, -0.25) is 4.21 Å². The zero-order chi connectivity index (χ0) is 14.8. The lowest BCUT2D eigenvalue weighted by Gasteiger charge is -2.44. The second kappa shape index (κ2) is 4.19. The zero-order valence-electron chi connectivity index (χ0n) is 10.8. The third-order valence-corrected chi connectivity index (χ3v) is 6.35. The number of hydrogen-bond acceptors (Lipinski definition) is 1. The summed E-state index contributed by atoms with van der Waals surface area (Å²) in [5.74, 6) is -0.858. The topological polar surface area (TPSA) is 17.1 Å². The van der Waals surface area contributed by atoms with Crippen LogP contribution in [-0.2, 0) is 10.8 Å². The number of benzene rings is 2. The molecule has 0 aromatic heterocycles. The fourth-order valence-electron chi connectivity index (χ4n) is 3.58. The average molecular weight is 308 g/mol. The molecule has 3 aliphatic rings. The average Bonchev–Trinajstić information content (AvgIpc) is 2.46. The Labute approximate surface area is 122 Å². The maximum Gasteiger partial charge on any atom is 0.404 e. The molecule has 2 unspecified atom stereocenters. The van der Waals surface area contributed by atoms with Crippen molar-refractivity contribution in [2.45, 2.75) is 22.6 Å². The molecule has 5 rings (SSSR count). The Hall–Kier alpha value is -1.62. The van der Waals surface area contributed by atoms with E-state index in [-0.39, 0.29) is 0 Å². The highest BCUT2D eigenvalue weighted by Gasteiger charge is 2.58. The molecule has 0 amide bonds. The van der Waals surface area contributed by atoms with Gasteiger partial charge in [-0.1, -0.05) is 48.5 Å². The van der Waals surface area contributed by atoms with Crippen molar-refractivity contribution in [3.05, 3.63) is 70.8 Å². The van der Waals surface area contributed by atoms with E-state index in [1.807, 2.05) is 0 Å². The van der Waals surface area contributed by atoms with Crippen molar-refractivity contribution in [1.29, 1.82) is 0 Å². The lowest BCUT2D eigenvalue weighted by Crippen LogP contribution is -2.48. The van der Waals surface area contributed by atoms with Gasteiger partial charge in [0.05, 0.1) is 5.25 Å². The lowest BCUT2D eigenvalue weighted by atomic mass is 9.75. The van der Waals surface area contributed by atoms with Crippen molar-refractivity contribution in [3.63, 3.8) is 0 Å². The molecule has 108 valence electrons. The van der Waals surface area contributed by atoms with Gasteiger partial charge in [-0.25, -0.2) is 0 Å². The van der Waals surface area contributed by atoms with Gasteiger partial charge in [-0.05, 0) is 22.3 Å². The Morgan fingerprint density at radius 2 is 1.24 bits per heavy atom. The Morgan fingerprint density at radius 1 is 0.810 bits per heavy atom. The maximum atomic E-state index is 13.4. The van der Waals surface area contributed by atoms with Crippen LogP contribution in [0, 0.1) is 0 Å². The first kappa shape index (κ1) is 13.1. The second-order valence-corrected chi connectivity index (χ2v) is 7.04. The Morgan fingerprint density at radius 3 is 1.67 bits per heavy atom. The van der Waals surface area contributed by atoms with E-state index in [0.717, 1.165) is 11.1 Å². The smallest absolute Gasteiger partial charge is 0.258 e. The van der Waals surface area contributed by atoms with Crippen LogP contribution in [0.2, 0.25) is 0 Å². The quantitative estimate of drug-likeness (QED) is 0.721. The summed E-state index contributed by atoms with van der Waals surface area (Å²) in [6.45, 7) is 0. The first-order valence-corrected chi connectivity index (χ1v) is 7.91. The van der Waals surface area contributed by atoms with Crippen molar-refractivity contribution in [1.82, 2.24) is 0 Å². The zero-order valence-corrected chi connectivity index (χ0v) is 11.6. The Balaban J connectivity index is 2.05. The van der Waals surface area contributed by atoms with Gasteiger partial charge >= 0.3 is 6.18 Å². The largest absolute Gasteiger partial charge is 0.404 e. The lowest BCUT2D eigenvalue weighted by molar-refractivity contribution is -0.132. The maximum absolute atomic E-state index is 13.4. The molecule has 21 heavy (non-hydrogen) atoms. The van der Waals surface area contributed by atoms with Crippen LogP contribution >= 0.6 is 0 Å². The van der Waals surface area contributed by atoms with Gasteiger partial charge in [0.25, 0.3) is 0 Å². The van der Waals surface area contributed by atoms with E-state index in [2.05, 4.69) is 0 Å². The summed E-state index contributed by atoms with van der Waals surface area (Å²) in [7, 11) is -1.98. The molecule has 0 saturated carbocycles. The van der Waals surface area contributed by atoms with Gasteiger partial charge in [0.2, 0.25) is 0 Å². The van der Waals surface area contributed by atoms with Crippen molar-refractivity contribution in [3.8, 4) is 0 Å². The van der Waals surface area contributed by atoms with Crippen LogP contribution in [-0.4, -0.2) is 15.6 Å². The van der Waals surface area contributed by atoms with Crippen molar-refractivity contribution >= 4 is 10.8 Å². The minimum atomic E-state index is -4.46. The number of alkyl halides is 3. The molecule has 2 aromatic rings. The number of rotatable bonds is 0. The van der Waals surface area contributed by atoms with Crippen LogP contribution in [0.1, 0.15) is 33.4 Å². The molecule has 2 heterocycles. The van der Waals surface area contributed by atoms with Crippen molar-refractivity contribution < 1.29 is 17.4 Å². The third kappa shape index (κ3) is 1.67. The molecule has 2 atom stereocenters. The van der Waals surface area contributed by atoms with E-state index in [1.165, 1.54) is 0 Å². The molecule has 0 N–H and O–H groups in total. The van der Waals surface area contributed by atoms with Crippen LogP contribution in [0.4, 0.5) is 13.2 Å². The van der Waals surface area contributed by atoms with Crippen molar-refractivity contribution in [2.24, 2.45) is 0 Å². The van der Waals surface area contributed by atoms with E-state index in [0.29, 0.717) is 11.1 Å². The fraction of sp³-hybridized carbons (Fsp3) is 0.250. The fourth-order valence-corrected chi connectivity index (χ4v) is 5.63. The third-order valence-electron chi connectivity index (χ3n) is 4.34. The molecule has 5 heteroatoms. The van der Waals surface area contributed by atoms with Crippen LogP contribution in [0.25, 0.3) is 0 Å². The summed E-state index contributed by atoms with van der Waals surface area (Å²) in [6.07, 6.45) is -4.46. The molecule has 0 spiro atoms. The van der Waals surface area contributed by atoms with E-state index in [1.54, 1.807) is 48.5 Å². The van der Waals surface area contributed by atoms with Gasteiger partial charge < -0.3 is 0 Å². The highest BCUT2D eigenvalue weighted by molar-refractivity contribution is 7.86. The summed E-state index contributed by atoms with van der Waals surface area (Å²) < 4.78 is 52.9. The molecule has 1 aliphatic carbocycles. The number of fused-ring (bicyclic) bond motifs is 1. The predicted molar refractivity (Wildman–Crippen MR) is 74.6 cm³/mol. The summed E-state index contributed by atoms with van der Waals surface area (Å²) in [5, 5.41) is -2.48. The van der Waals surface area contributed by atoms with Gasteiger partial charge in [0.15, 0.2) is 0 Å². The minimum absolute atomic E-state index is 0.670. The Kier molecular flexibility index (Phi) is 2.61. The van der Waals surface area contributed by atoms with Crippen molar-refractivity contribution in [2.75, 3.05) is 0 Å². The molecular formula is C16H11F3OS. The molecule has 2 aliphatic heterocycles. The second-order valence-electron chi connectivity index (χ2n) is 5.41. The summed E-state index contributed by atoms with van der Waals surface area (Å²) in [4.78, 5) is 0. The number of hydrogen-bond donors (Lipinski definition) is 0. The van der Waals surface area contributed by atoms with Crippen LogP contribution in [0.15, 0.2) is 48.5 Å². The molecule has 0 saturated heterocycles.